The van der Waals surface area contributed by atoms with Gasteiger partial charge in [0.2, 0.25) is 0 Å². The molecule has 1 aliphatic carbocycles. The summed E-state index contributed by atoms with van der Waals surface area (Å²) in [6, 6.07) is 68.5. The van der Waals surface area contributed by atoms with E-state index in [1.807, 2.05) is 66.7 Å². The van der Waals surface area contributed by atoms with Gasteiger partial charge in [0.05, 0.1) is 0 Å². The minimum absolute atomic E-state index is 0.318. The van der Waals surface area contributed by atoms with E-state index in [9.17, 15) is 0 Å². The fourth-order valence-corrected chi connectivity index (χ4v) is 8.78. The van der Waals surface area contributed by atoms with Crippen molar-refractivity contribution in [3.05, 3.63) is 211 Å². The predicted molar refractivity (Wildman–Crippen MR) is 236 cm³/mol. The molecule has 4 heteroatoms. The van der Waals surface area contributed by atoms with E-state index in [4.69, 9.17) is 19.4 Å². The molecule has 0 saturated heterocycles. The molecular formula is C54H37N3O. The molecule has 0 bridgehead atoms. The van der Waals surface area contributed by atoms with Gasteiger partial charge in [-0.15, -0.1) is 0 Å². The average Bonchev–Trinajstić information content (AvgIpc) is 3.60. The quantitative estimate of drug-likeness (QED) is 0.170. The van der Waals surface area contributed by atoms with E-state index in [-0.39, 0.29) is 0 Å². The van der Waals surface area contributed by atoms with Gasteiger partial charge in [-0.3, -0.25) is 0 Å². The SMILES string of the molecule is c1ccc(-c2nc(-c3ccccc3)nc(-c3ccc(-c4ccccc4)c4oc5ccc(-c6ccc7c(c6)-c6ccccc6CCC7c6ccccc6)cc5c34)n2)cc1. The minimum Gasteiger partial charge on any atom is -0.455 e. The number of benzene rings is 8. The lowest BCUT2D eigenvalue weighted by atomic mass is 9.84. The predicted octanol–water partition coefficient (Wildman–Crippen LogP) is 13.9. The summed E-state index contributed by atoms with van der Waals surface area (Å²) in [7, 11) is 0. The van der Waals surface area contributed by atoms with E-state index in [0.29, 0.717) is 23.4 Å². The summed E-state index contributed by atoms with van der Waals surface area (Å²) in [6.07, 6.45) is 2.11. The van der Waals surface area contributed by atoms with Crippen LogP contribution < -0.4 is 0 Å². The third kappa shape index (κ3) is 5.98. The molecule has 2 heterocycles. The Balaban J connectivity index is 1.13. The highest BCUT2D eigenvalue weighted by Gasteiger charge is 2.25. The topological polar surface area (TPSA) is 51.8 Å². The van der Waals surface area contributed by atoms with Crippen molar-refractivity contribution in [1.82, 2.24) is 15.0 Å². The Bertz CT molecular complexity index is 3040. The molecule has 1 atom stereocenters. The minimum atomic E-state index is 0.318. The van der Waals surface area contributed by atoms with Crippen molar-refractivity contribution in [2.45, 2.75) is 18.8 Å². The van der Waals surface area contributed by atoms with Crippen LogP contribution in [0.5, 0.6) is 0 Å². The molecule has 0 N–H and O–H groups in total. The Labute approximate surface area is 337 Å². The van der Waals surface area contributed by atoms with Gasteiger partial charge in [0.15, 0.2) is 17.5 Å². The zero-order chi connectivity index (χ0) is 38.4. The highest BCUT2D eigenvalue weighted by Crippen LogP contribution is 2.45. The number of furan rings is 1. The summed E-state index contributed by atoms with van der Waals surface area (Å²) in [5.41, 5.74) is 15.5. The number of rotatable bonds is 6. The maximum atomic E-state index is 6.87. The maximum absolute atomic E-state index is 6.87. The second-order valence-corrected chi connectivity index (χ2v) is 15.0. The van der Waals surface area contributed by atoms with Crippen molar-refractivity contribution in [3.63, 3.8) is 0 Å². The molecule has 11 rings (SSSR count). The molecule has 274 valence electrons. The van der Waals surface area contributed by atoms with E-state index >= 15 is 0 Å². The molecule has 4 nitrogen and oxygen atoms in total. The molecule has 1 unspecified atom stereocenters. The van der Waals surface area contributed by atoms with Crippen LogP contribution in [-0.4, -0.2) is 15.0 Å². The lowest BCUT2D eigenvalue weighted by molar-refractivity contribution is 0.670. The third-order valence-corrected chi connectivity index (χ3v) is 11.6. The van der Waals surface area contributed by atoms with Gasteiger partial charge in [-0.05, 0) is 87.7 Å². The number of hydrogen-bond acceptors (Lipinski definition) is 4. The summed E-state index contributed by atoms with van der Waals surface area (Å²) in [6.45, 7) is 0. The second kappa shape index (κ2) is 14.3. The fraction of sp³-hybridized carbons (Fsp3) is 0.0556. The highest BCUT2D eigenvalue weighted by atomic mass is 16.3. The van der Waals surface area contributed by atoms with E-state index in [2.05, 4.69) is 127 Å². The Morgan fingerprint density at radius 3 is 1.69 bits per heavy atom. The van der Waals surface area contributed by atoms with Crippen molar-refractivity contribution >= 4 is 21.9 Å². The Morgan fingerprint density at radius 1 is 0.414 bits per heavy atom. The van der Waals surface area contributed by atoms with Gasteiger partial charge in [-0.25, -0.2) is 15.0 Å². The van der Waals surface area contributed by atoms with Crippen LogP contribution in [0.2, 0.25) is 0 Å². The lowest BCUT2D eigenvalue weighted by Crippen LogP contribution is -2.02. The Kier molecular flexibility index (Phi) is 8.32. The molecule has 0 saturated carbocycles. The van der Waals surface area contributed by atoms with Gasteiger partial charge < -0.3 is 4.42 Å². The van der Waals surface area contributed by atoms with Gasteiger partial charge in [0.1, 0.15) is 11.2 Å². The van der Waals surface area contributed by atoms with Crippen LogP contribution >= 0.6 is 0 Å². The molecule has 0 amide bonds. The molecule has 8 aromatic carbocycles. The normalized spacial score (nSPS) is 13.6. The zero-order valence-corrected chi connectivity index (χ0v) is 31.7. The van der Waals surface area contributed by atoms with Crippen molar-refractivity contribution < 1.29 is 4.42 Å². The third-order valence-electron chi connectivity index (χ3n) is 11.6. The van der Waals surface area contributed by atoms with Gasteiger partial charge in [0.25, 0.3) is 0 Å². The van der Waals surface area contributed by atoms with Crippen LogP contribution in [0.4, 0.5) is 0 Å². The number of aromatic nitrogens is 3. The fourth-order valence-electron chi connectivity index (χ4n) is 8.78. The molecule has 0 aliphatic heterocycles. The van der Waals surface area contributed by atoms with Gasteiger partial charge in [-0.1, -0.05) is 164 Å². The standard InChI is InChI=1S/C54H37N3O/c1-5-15-35(16-6-1)43-28-25-37-19-13-14-24-42(37)47-33-40(26-29-45(43)47)41-27-32-49-48(34-41)50-46(31-30-44(51(50)58-49)36-17-7-2-8-18-36)54-56-52(38-20-9-3-10-21-38)55-53(57-54)39-22-11-4-12-23-39/h1-24,26-27,29-34,43H,25,28H2. The summed E-state index contributed by atoms with van der Waals surface area (Å²) < 4.78 is 6.87. The average molecular weight is 744 g/mol. The van der Waals surface area contributed by atoms with Crippen LogP contribution in [0.3, 0.4) is 0 Å². The molecule has 0 spiro atoms. The molecule has 2 aromatic heterocycles. The van der Waals surface area contributed by atoms with Gasteiger partial charge in [0, 0.05) is 38.9 Å². The highest BCUT2D eigenvalue weighted by molar-refractivity contribution is 6.16. The molecular weight excluding hydrogens is 707 g/mol. The Hall–Kier alpha value is -7.43. The molecule has 58 heavy (non-hydrogen) atoms. The monoisotopic (exact) mass is 743 g/mol. The molecule has 1 aliphatic rings. The zero-order valence-electron chi connectivity index (χ0n) is 31.7. The van der Waals surface area contributed by atoms with Gasteiger partial charge >= 0.3 is 0 Å². The van der Waals surface area contributed by atoms with E-state index in [0.717, 1.165) is 73.7 Å². The van der Waals surface area contributed by atoms with Crippen LogP contribution in [0.1, 0.15) is 29.0 Å². The van der Waals surface area contributed by atoms with E-state index < -0.39 is 0 Å². The molecule has 0 fully saturated rings. The number of hydrogen-bond donors (Lipinski definition) is 0. The smallest absolute Gasteiger partial charge is 0.164 e. The van der Waals surface area contributed by atoms with E-state index in [1.54, 1.807) is 0 Å². The van der Waals surface area contributed by atoms with Crippen LogP contribution in [0.25, 0.3) is 89.5 Å². The molecule has 0 radical (unpaired) electrons. The van der Waals surface area contributed by atoms with Gasteiger partial charge in [-0.2, -0.15) is 0 Å². The van der Waals surface area contributed by atoms with Crippen LogP contribution in [0.15, 0.2) is 199 Å². The first-order valence-corrected chi connectivity index (χ1v) is 19.9. The Morgan fingerprint density at radius 2 is 0.983 bits per heavy atom. The maximum Gasteiger partial charge on any atom is 0.164 e. The second-order valence-electron chi connectivity index (χ2n) is 15.0. The van der Waals surface area contributed by atoms with Crippen LogP contribution in [0, 0.1) is 0 Å². The summed E-state index contributed by atoms with van der Waals surface area (Å²) in [4.78, 5) is 15.3. The number of fused-ring (bicyclic) bond motifs is 6. The number of aryl methyl sites for hydroxylation is 1. The first-order valence-electron chi connectivity index (χ1n) is 19.9. The van der Waals surface area contributed by atoms with E-state index in [1.165, 1.54) is 27.8 Å². The molecule has 10 aromatic rings. The first-order chi connectivity index (χ1) is 28.7. The first kappa shape index (κ1) is 33.9. The summed E-state index contributed by atoms with van der Waals surface area (Å²) >= 11 is 0. The summed E-state index contributed by atoms with van der Waals surface area (Å²) in [5.74, 6) is 2.16. The largest absolute Gasteiger partial charge is 0.455 e. The van der Waals surface area contributed by atoms with Crippen molar-refractivity contribution in [3.8, 4) is 67.5 Å². The van der Waals surface area contributed by atoms with Crippen molar-refractivity contribution in [2.24, 2.45) is 0 Å². The van der Waals surface area contributed by atoms with Crippen LogP contribution in [-0.2, 0) is 6.42 Å². The van der Waals surface area contributed by atoms with Crippen molar-refractivity contribution in [2.75, 3.05) is 0 Å². The van der Waals surface area contributed by atoms with Crippen molar-refractivity contribution in [1.29, 1.82) is 0 Å². The summed E-state index contributed by atoms with van der Waals surface area (Å²) in [5, 5.41) is 1.99. The number of nitrogens with zero attached hydrogens (tertiary/aromatic N) is 3. The lowest BCUT2D eigenvalue weighted by Gasteiger charge is -2.19.